The van der Waals surface area contributed by atoms with E-state index in [1.54, 1.807) is 0 Å². The van der Waals surface area contributed by atoms with Gasteiger partial charge < -0.3 is 15.8 Å². The smallest absolute Gasteiger partial charge is 0.387 e. The van der Waals surface area contributed by atoms with Crippen LogP contribution >= 0.6 is 11.6 Å². The number of carbonyl (C=O) groups excluding carboxylic acids is 1. The molecule has 0 aliphatic heterocycles. The first kappa shape index (κ1) is 17.0. The van der Waals surface area contributed by atoms with Gasteiger partial charge in [-0.3, -0.25) is 4.79 Å². The summed E-state index contributed by atoms with van der Waals surface area (Å²) in [5.74, 6) is 0.0544. The summed E-state index contributed by atoms with van der Waals surface area (Å²) >= 11 is 5.85. The highest BCUT2D eigenvalue weighted by Crippen LogP contribution is 2.27. The first-order valence-corrected chi connectivity index (χ1v) is 7.59. The first-order chi connectivity index (χ1) is 10.5. The lowest BCUT2D eigenvalue weighted by Crippen LogP contribution is -2.31. The summed E-state index contributed by atoms with van der Waals surface area (Å²) in [5.41, 5.74) is 6.35. The lowest BCUT2D eigenvalue weighted by molar-refractivity contribution is -0.122. The third-order valence-electron chi connectivity index (χ3n) is 3.88. The number of rotatable bonds is 6. The van der Waals surface area contributed by atoms with Crippen LogP contribution in [0.4, 0.5) is 8.78 Å². The van der Waals surface area contributed by atoms with Crippen LogP contribution in [-0.4, -0.2) is 18.6 Å². The number of nitrogens with two attached hydrogens (primary N) is 1. The monoisotopic (exact) mass is 332 g/mol. The van der Waals surface area contributed by atoms with Crippen molar-refractivity contribution in [3.63, 3.8) is 0 Å². The summed E-state index contributed by atoms with van der Waals surface area (Å²) in [4.78, 5) is 11.9. The zero-order chi connectivity index (χ0) is 16.1. The number of hydrogen-bond donors (Lipinski definition) is 2. The number of amides is 1. The van der Waals surface area contributed by atoms with Gasteiger partial charge in [-0.1, -0.05) is 18.0 Å². The molecule has 3 N–H and O–H groups in total. The topological polar surface area (TPSA) is 64.4 Å². The third-order valence-corrected chi connectivity index (χ3v) is 4.12. The molecule has 0 aromatic heterocycles. The maximum Gasteiger partial charge on any atom is 0.387 e. The van der Waals surface area contributed by atoms with Gasteiger partial charge in [0.2, 0.25) is 5.91 Å². The molecule has 122 valence electrons. The number of carbonyl (C=O) groups is 1. The SMILES string of the molecule is N[C@@H]1CCC[C@H]1CC(=O)NCc1cc(Cl)ccc1OC(F)F. The fourth-order valence-corrected chi connectivity index (χ4v) is 2.91. The molecule has 0 saturated heterocycles. The van der Waals surface area contributed by atoms with E-state index in [0.29, 0.717) is 17.0 Å². The molecule has 0 bridgehead atoms. The Hall–Kier alpha value is -1.40. The van der Waals surface area contributed by atoms with Crippen molar-refractivity contribution in [2.45, 2.75) is 44.9 Å². The fourth-order valence-electron chi connectivity index (χ4n) is 2.72. The Labute approximate surface area is 133 Å². The minimum atomic E-state index is -2.92. The maximum absolute atomic E-state index is 12.4. The molecule has 1 aliphatic rings. The largest absolute Gasteiger partial charge is 0.434 e. The van der Waals surface area contributed by atoms with E-state index in [9.17, 15) is 13.6 Å². The van der Waals surface area contributed by atoms with Crippen molar-refractivity contribution in [3.05, 3.63) is 28.8 Å². The zero-order valence-corrected chi connectivity index (χ0v) is 12.8. The molecular weight excluding hydrogens is 314 g/mol. The van der Waals surface area contributed by atoms with Crippen molar-refractivity contribution in [2.24, 2.45) is 11.7 Å². The van der Waals surface area contributed by atoms with Crippen molar-refractivity contribution in [1.29, 1.82) is 0 Å². The van der Waals surface area contributed by atoms with Gasteiger partial charge in [-0.25, -0.2) is 0 Å². The molecule has 1 aromatic rings. The van der Waals surface area contributed by atoms with Gasteiger partial charge >= 0.3 is 6.61 Å². The lowest BCUT2D eigenvalue weighted by atomic mass is 10.00. The number of hydrogen-bond acceptors (Lipinski definition) is 3. The minimum absolute atomic E-state index is 0.0114. The summed E-state index contributed by atoms with van der Waals surface area (Å²) in [7, 11) is 0. The highest BCUT2D eigenvalue weighted by molar-refractivity contribution is 6.30. The second kappa shape index (κ2) is 7.74. The van der Waals surface area contributed by atoms with Gasteiger partial charge in [0.15, 0.2) is 0 Å². The second-order valence-corrected chi connectivity index (χ2v) is 5.90. The second-order valence-electron chi connectivity index (χ2n) is 5.47. The minimum Gasteiger partial charge on any atom is -0.434 e. The average molecular weight is 333 g/mol. The molecule has 1 saturated carbocycles. The van der Waals surface area contributed by atoms with E-state index >= 15 is 0 Å². The van der Waals surface area contributed by atoms with Crippen LogP contribution in [-0.2, 0) is 11.3 Å². The molecule has 1 fully saturated rings. The fraction of sp³-hybridized carbons (Fsp3) is 0.533. The number of alkyl halides is 2. The molecule has 1 aliphatic carbocycles. The van der Waals surface area contributed by atoms with Crippen molar-refractivity contribution in [1.82, 2.24) is 5.32 Å². The van der Waals surface area contributed by atoms with Gasteiger partial charge in [0.1, 0.15) is 5.75 Å². The van der Waals surface area contributed by atoms with E-state index in [2.05, 4.69) is 10.1 Å². The average Bonchev–Trinajstić information content (AvgIpc) is 2.84. The highest BCUT2D eigenvalue weighted by Gasteiger charge is 2.26. The van der Waals surface area contributed by atoms with Crippen LogP contribution in [0.3, 0.4) is 0 Å². The van der Waals surface area contributed by atoms with Crippen LogP contribution in [0.1, 0.15) is 31.2 Å². The quantitative estimate of drug-likeness (QED) is 0.841. The number of ether oxygens (including phenoxy) is 1. The lowest BCUT2D eigenvalue weighted by Gasteiger charge is -2.16. The van der Waals surface area contributed by atoms with E-state index in [0.717, 1.165) is 19.3 Å². The van der Waals surface area contributed by atoms with Crippen LogP contribution in [0.25, 0.3) is 0 Å². The predicted octanol–water partition coefficient (Wildman–Crippen LogP) is 3.08. The van der Waals surface area contributed by atoms with Gasteiger partial charge in [0, 0.05) is 29.6 Å². The Morgan fingerprint density at radius 3 is 2.86 bits per heavy atom. The molecule has 0 heterocycles. The van der Waals surface area contributed by atoms with Crippen LogP contribution in [0, 0.1) is 5.92 Å². The third kappa shape index (κ3) is 4.81. The Balaban J connectivity index is 1.92. The van der Waals surface area contributed by atoms with Gasteiger partial charge in [-0.05, 0) is 37.0 Å². The molecule has 0 unspecified atom stereocenters. The van der Waals surface area contributed by atoms with E-state index < -0.39 is 6.61 Å². The van der Waals surface area contributed by atoms with E-state index in [4.69, 9.17) is 17.3 Å². The summed E-state index contributed by atoms with van der Waals surface area (Å²) < 4.78 is 29.1. The predicted molar refractivity (Wildman–Crippen MR) is 79.9 cm³/mol. The number of halogens is 3. The van der Waals surface area contributed by atoms with Gasteiger partial charge in [-0.2, -0.15) is 8.78 Å². The molecule has 7 heteroatoms. The van der Waals surface area contributed by atoms with Crippen molar-refractivity contribution in [2.75, 3.05) is 0 Å². The normalized spacial score (nSPS) is 21.1. The van der Waals surface area contributed by atoms with Gasteiger partial charge in [0.25, 0.3) is 0 Å². The van der Waals surface area contributed by atoms with E-state index in [1.807, 2.05) is 0 Å². The molecule has 22 heavy (non-hydrogen) atoms. The van der Waals surface area contributed by atoms with Crippen molar-refractivity contribution < 1.29 is 18.3 Å². The molecule has 1 aromatic carbocycles. The Kier molecular flexibility index (Phi) is 5.97. The molecule has 1 amide bonds. The summed E-state index contributed by atoms with van der Waals surface area (Å²) in [6.07, 6.45) is 3.29. The number of nitrogens with one attached hydrogen (secondary N) is 1. The standard InChI is InChI=1S/C15H19ClF2N2O2/c16-11-4-5-13(22-15(17)18)10(6-11)8-20-14(21)7-9-2-1-3-12(9)19/h4-6,9,12,15H,1-3,7-8,19H2,(H,20,21)/t9-,12+/m0/s1. The van der Waals surface area contributed by atoms with Crippen molar-refractivity contribution in [3.8, 4) is 5.75 Å². The van der Waals surface area contributed by atoms with Crippen LogP contribution in [0.5, 0.6) is 5.75 Å². The summed E-state index contributed by atoms with van der Waals surface area (Å²) in [6, 6.07) is 4.39. The summed E-state index contributed by atoms with van der Waals surface area (Å²) in [5, 5.41) is 3.10. The van der Waals surface area contributed by atoms with E-state index in [-0.39, 0.29) is 30.2 Å². The molecule has 2 atom stereocenters. The summed E-state index contributed by atoms with van der Waals surface area (Å²) in [6.45, 7) is -2.84. The van der Waals surface area contributed by atoms with Crippen LogP contribution in [0.2, 0.25) is 5.02 Å². The molecular formula is C15H19ClF2N2O2. The van der Waals surface area contributed by atoms with E-state index in [1.165, 1.54) is 18.2 Å². The highest BCUT2D eigenvalue weighted by atomic mass is 35.5. The van der Waals surface area contributed by atoms with Crippen LogP contribution < -0.4 is 15.8 Å². The van der Waals surface area contributed by atoms with Gasteiger partial charge in [-0.15, -0.1) is 0 Å². The maximum atomic E-state index is 12.4. The Morgan fingerprint density at radius 2 is 2.23 bits per heavy atom. The Bertz CT molecular complexity index is 528. The zero-order valence-electron chi connectivity index (χ0n) is 12.0. The van der Waals surface area contributed by atoms with Crippen molar-refractivity contribution >= 4 is 17.5 Å². The Morgan fingerprint density at radius 1 is 1.45 bits per heavy atom. The first-order valence-electron chi connectivity index (χ1n) is 7.21. The molecule has 0 spiro atoms. The molecule has 4 nitrogen and oxygen atoms in total. The van der Waals surface area contributed by atoms with Crippen LogP contribution in [0.15, 0.2) is 18.2 Å². The molecule has 0 radical (unpaired) electrons. The van der Waals surface area contributed by atoms with Gasteiger partial charge in [0.05, 0.1) is 0 Å². The molecule has 2 rings (SSSR count). The number of benzene rings is 1.